The van der Waals surface area contributed by atoms with Crippen LogP contribution < -0.4 is 15.6 Å². The Hall–Kier alpha value is -4.04. The number of carbonyl (C=O) groups is 1. The van der Waals surface area contributed by atoms with Crippen molar-refractivity contribution >= 4 is 23.3 Å². The summed E-state index contributed by atoms with van der Waals surface area (Å²) in [6.45, 7) is 4.20. The Balaban J connectivity index is 1.80. The number of hydrogen-bond donors (Lipinski definition) is 1. The first-order valence-electron chi connectivity index (χ1n) is 11.9. The third-order valence-electron chi connectivity index (χ3n) is 5.95. The van der Waals surface area contributed by atoms with E-state index in [9.17, 15) is 9.59 Å². The molecule has 2 heterocycles. The van der Waals surface area contributed by atoms with Crippen molar-refractivity contribution in [2.24, 2.45) is 7.05 Å². The minimum absolute atomic E-state index is 0.0758. The van der Waals surface area contributed by atoms with Crippen molar-refractivity contribution in [2.75, 3.05) is 19.0 Å². The first-order chi connectivity index (χ1) is 17.8. The number of rotatable bonds is 9. The lowest BCUT2D eigenvalue weighted by atomic mass is 9.98. The number of hydrogen-bond acceptors (Lipinski definition) is 6. The number of esters is 1. The summed E-state index contributed by atoms with van der Waals surface area (Å²) in [5.74, 6) is 0.250. The Morgan fingerprint density at radius 2 is 1.81 bits per heavy atom. The van der Waals surface area contributed by atoms with Crippen LogP contribution in [0.1, 0.15) is 45.7 Å². The maximum atomic E-state index is 13.0. The fourth-order valence-electron chi connectivity index (χ4n) is 4.12. The van der Waals surface area contributed by atoms with Crippen LogP contribution in [-0.2, 0) is 18.3 Å². The first-order valence-corrected chi connectivity index (χ1v) is 12.2. The van der Waals surface area contributed by atoms with E-state index in [2.05, 4.69) is 10.4 Å². The second-order valence-electron chi connectivity index (χ2n) is 8.66. The van der Waals surface area contributed by atoms with Gasteiger partial charge in [-0.1, -0.05) is 35.9 Å². The van der Waals surface area contributed by atoms with E-state index in [0.29, 0.717) is 22.7 Å². The molecule has 37 heavy (non-hydrogen) atoms. The summed E-state index contributed by atoms with van der Waals surface area (Å²) in [6, 6.07) is 16.4. The zero-order valence-electron chi connectivity index (χ0n) is 21.2. The number of halogens is 1. The molecular weight excluding hydrogens is 492 g/mol. The second-order valence-corrected chi connectivity index (χ2v) is 9.09. The number of methoxy groups -OCH3 is 1. The smallest absolute Gasteiger partial charge is 0.359 e. The summed E-state index contributed by atoms with van der Waals surface area (Å²) in [7, 11) is 3.32. The van der Waals surface area contributed by atoms with Crippen LogP contribution in [0.25, 0.3) is 0 Å². The summed E-state index contributed by atoms with van der Waals surface area (Å²) in [5, 5.41) is 8.70. The molecule has 0 spiro atoms. The number of nitrogens with zero attached hydrogens (tertiary/aromatic N) is 3. The maximum absolute atomic E-state index is 13.0. The summed E-state index contributed by atoms with van der Waals surface area (Å²) >= 11 is 6.16. The Labute approximate surface area is 220 Å². The molecule has 9 heteroatoms. The van der Waals surface area contributed by atoms with Crippen LogP contribution in [0.3, 0.4) is 0 Å². The SMILES string of the molecule is CCOC(=O)c1nn(Cc2ccc(OC)cc2)cc1C(Nc1cc(C)c(=O)n(C)c1)c1ccc(Cl)cc1. The van der Waals surface area contributed by atoms with E-state index < -0.39 is 12.0 Å². The first kappa shape index (κ1) is 26.0. The highest BCUT2D eigenvalue weighted by atomic mass is 35.5. The highest BCUT2D eigenvalue weighted by Crippen LogP contribution is 2.30. The standard InChI is InChI=1S/C28H29ClN4O4/c1-5-37-28(35)26-24(17-33(31-26)15-19-6-12-23(36-4)13-7-19)25(20-8-10-21(29)11-9-20)30-22-14-18(2)27(34)32(3)16-22/h6-14,16-17,25,30H,5,15H2,1-4H3. The van der Waals surface area contributed by atoms with Crippen molar-refractivity contribution in [1.29, 1.82) is 0 Å². The van der Waals surface area contributed by atoms with Gasteiger partial charge in [-0.2, -0.15) is 5.10 Å². The lowest BCUT2D eigenvalue weighted by molar-refractivity contribution is 0.0517. The van der Waals surface area contributed by atoms with Gasteiger partial charge in [0.25, 0.3) is 5.56 Å². The Morgan fingerprint density at radius 3 is 2.43 bits per heavy atom. The fraction of sp³-hybridized carbons (Fsp3) is 0.250. The Morgan fingerprint density at radius 1 is 1.11 bits per heavy atom. The van der Waals surface area contributed by atoms with Crippen LogP contribution in [0.5, 0.6) is 5.75 Å². The normalized spacial score (nSPS) is 11.7. The van der Waals surface area contributed by atoms with Gasteiger partial charge >= 0.3 is 5.97 Å². The number of carbonyl (C=O) groups excluding carboxylic acids is 1. The van der Waals surface area contributed by atoms with Gasteiger partial charge in [0.15, 0.2) is 5.69 Å². The molecule has 0 radical (unpaired) electrons. The van der Waals surface area contributed by atoms with Gasteiger partial charge in [0.1, 0.15) is 5.75 Å². The van der Waals surface area contributed by atoms with Gasteiger partial charge in [0, 0.05) is 35.6 Å². The van der Waals surface area contributed by atoms with Crippen LogP contribution in [0, 0.1) is 6.92 Å². The minimum Gasteiger partial charge on any atom is -0.497 e. The molecule has 0 aliphatic rings. The number of benzene rings is 2. The molecule has 4 aromatic rings. The van der Waals surface area contributed by atoms with Crippen molar-refractivity contribution in [3.63, 3.8) is 0 Å². The molecule has 1 unspecified atom stereocenters. The minimum atomic E-state index is -0.511. The lowest BCUT2D eigenvalue weighted by Crippen LogP contribution is -2.21. The second kappa shape index (κ2) is 11.3. The molecule has 2 aromatic carbocycles. The van der Waals surface area contributed by atoms with E-state index in [0.717, 1.165) is 22.6 Å². The number of aromatic nitrogens is 3. The number of nitrogens with one attached hydrogen (secondary N) is 1. The topological polar surface area (TPSA) is 87.4 Å². The molecule has 0 bridgehead atoms. The summed E-state index contributed by atoms with van der Waals surface area (Å²) < 4.78 is 13.8. The lowest BCUT2D eigenvalue weighted by Gasteiger charge is -2.21. The summed E-state index contributed by atoms with van der Waals surface area (Å²) in [5.41, 5.74) is 3.96. The van der Waals surface area contributed by atoms with Crippen LogP contribution in [0.4, 0.5) is 5.69 Å². The molecule has 0 saturated heterocycles. The predicted molar refractivity (Wildman–Crippen MR) is 144 cm³/mol. The molecule has 0 saturated carbocycles. The zero-order valence-corrected chi connectivity index (χ0v) is 22.0. The van der Waals surface area contributed by atoms with Crippen molar-refractivity contribution in [2.45, 2.75) is 26.4 Å². The van der Waals surface area contributed by atoms with Crippen molar-refractivity contribution in [3.8, 4) is 5.75 Å². The average Bonchev–Trinajstić information content (AvgIpc) is 3.30. The molecule has 0 amide bonds. The van der Waals surface area contributed by atoms with Gasteiger partial charge in [0.2, 0.25) is 0 Å². The fourth-order valence-corrected chi connectivity index (χ4v) is 4.25. The van der Waals surface area contributed by atoms with Gasteiger partial charge in [-0.15, -0.1) is 0 Å². The summed E-state index contributed by atoms with van der Waals surface area (Å²) in [6.07, 6.45) is 3.57. The summed E-state index contributed by atoms with van der Waals surface area (Å²) in [4.78, 5) is 25.3. The van der Waals surface area contributed by atoms with Crippen LogP contribution in [-0.4, -0.2) is 34.0 Å². The molecule has 0 aliphatic carbocycles. The number of ether oxygens (including phenoxy) is 2. The predicted octanol–water partition coefficient (Wildman–Crippen LogP) is 4.98. The molecule has 2 aromatic heterocycles. The van der Waals surface area contributed by atoms with E-state index >= 15 is 0 Å². The number of pyridine rings is 1. The molecule has 192 valence electrons. The van der Waals surface area contributed by atoms with E-state index in [1.165, 1.54) is 4.57 Å². The monoisotopic (exact) mass is 520 g/mol. The molecule has 1 atom stereocenters. The highest BCUT2D eigenvalue weighted by Gasteiger charge is 2.26. The Bertz CT molecular complexity index is 1420. The van der Waals surface area contributed by atoms with Crippen molar-refractivity contribution in [3.05, 3.63) is 110 Å². The Kier molecular flexibility index (Phi) is 7.98. The van der Waals surface area contributed by atoms with E-state index in [-0.39, 0.29) is 17.9 Å². The average molecular weight is 521 g/mol. The van der Waals surface area contributed by atoms with E-state index in [1.54, 1.807) is 57.1 Å². The highest BCUT2D eigenvalue weighted by molar-refractivity contribution is 6.30. The van der Waals surface area contributed by atoms with Gasteiger partial charge in [-0.25, -0.2) is 4.79 Å². The third-order valence-corrected chi connectivity index (χ3v) is 6.20. The van der Waals surface area contributed by atoms with Crippen LogP contribution in [0.15, 0.2) is 71.8 Å². The van der Waals surface area contributed by atoms with Gasteiger partial charge in [0.05, 0.1) is 32.0 Å². The largest absolute Gasteiger partial charge is 0.497 e. The molecule has 1 N–H and O–H groups in total. The molecule has 4 rings (SSSR count). The number of anilines is 1. The third kappa shape index (κ3) is 6.03. The van der Waals surface area contributed by atoms with Crippen LogP contribution >= 0.6 is 11.6 Å². The molecule has 0 aliphatic heterocycles. The van der Waals surface area contributed by atoms with Gasteiger partial charge < -0.3 is 19.4 Å². The quantitative estimate of drug-likeness (QED) is 0.313. The number of aryl methyl sites for hydroxylation is 2. The van der Waals surface area contributed by atoms with Crippen LogP contribution in [0.2, 0.25) is 5.02 Å². The van der Waals surface area contributed by atoms with Gasteiger partial charge in [-0.3, -0.25) is 9.48 Å². The van der Waals surface area contributed by atoms with E-state index in [4.69, 9.17) is 21.1 Å². The molecule has 0 fully saturated rings. The molecular formula is C28H29ClN4O4. The van der Waals surface area contributed by atoms with E-state index in [1.807, 2.05) is 42.6 Å². The van der Waals surface area contributed by atoms with Crippen molar-refractivity contribution in [1.82, 2.24) is 14.3 Å². The maximum Gasteiger partial charge on any atom is 0.359 e. The van der Waals surface area contributed by atoms with Gasteiger partial charge in [-0.05, 0) is 55.3 Å². The van der Waals surface area contributed by atoms with Crippen molar-refractivity contribution < 1.29 is 14.3 Å². The molecule has 8 nitrogen and oxygen atoms in total. The zero-order chi connectivity index (χ0) is 26.5.